The molecule has 20 heavy (non-hydrogen) atoms. The van der Waals surface area contributed by atoms with Gasteiger partial charge in [-0.15, -0.1) is 24.2 Å². The molecule has 0 saturated carbocycles. The van der Waals surface area contributed by atoms with Gasteiger partial charge in [-0.1, -0.05) is 22.9 Å². The molecule has 0 spiro atoms. The number of benzene rings is 1. The van der Waals surface area contributed by atoms with Crippen LogP contribution in [0.4, 0.5) is 0 Å². The average molecular weight is 382 g/mol. The van der Waals surface area contributed by atoms with Gasteiger partial charge in [0.1, 0.15) is 0 Å². The number of hydrogen-bond donors (Lipinski definition) is 2. The Hall–Kier alpha value is -0.230. The SMILES string of the molecule is CCNCCNC(=O)CSc1cc(C)c(Br)cc1C.Cl. The van der Waals surface area contributed by atoms with E-state index in [0.29, 0.717) is 12.3 Å². The van der Waals surface area contributed by atoms with Crippen LogP contribution in [0.2, 0.25) is 0 Å². The molecular weight excluding hydrogens is 360 g/mol. The maximum Gasteiger partial charge on any atom is 0.230 e. The zero-order valence-corrected chi connectivity index (χ0v) is 15.3. The highest BCUT2D eigenvalue weighted by molar-refractivity contribution is 9.10. The summed E-state index contributed by atoms with van der Waals surface area (Å²) >= 11 is 5.10. The van der Waals surface area contributed by atoms with Gasteiger partial charge < -0.3 is 10.6 Å². The third-order valence-electron chi connectivity index (χ3n) is 2.69. The minimum atomic E-state index is 0. The predicted octanol–water partition coefficient (Wildman–Crippen LogP) is 3.31. The molecule has 0 radical (unpaired) electrons. The van der Waals surface area contributed by atoms with Gasteiger partial charge in [-0.05, 0) is 43.7 Å². The fourth-order valence-corrected chi connectivity index (χ4v) is 2.96. The summed E-state index contributed by atoms with van der Waals surface area (Å²) in [6.07, 6.45) is 0. The Kier molecular flexibility index (Phi) is 10.4. The molecule has 0 fully saturated rings. The van der Waals surface area contributed by atoms with Crippen molar-refractivity contribution in [3.05, 3.63) is 27.7 Å². The first kappa shape index (κ1) is 19.8. The standard InChI is InChI=1S/C14H21BrN2OS.ClH/c1-4-16-5-6-17-14(18)9-19-13-8-10(2)12(15)7-11(13)3;/h7-8,16H,4-6,9H2,1-3H3,(H,17,18);1H. The molecular formula is C14H22BrClN2OS. The van der Waals surface area contributed by atoms with Gasteiger partial charge in [-0.2, -0.15) is 0 Å². The topological polar surface area (TPSA) is 41.1 Å². The van der Waals surface area contributed by atoms with Crippen LogP contribution in [0, 0.1) is 13.8 Å². The van der Waals surface area contributed by atoms with E-state index in [1.807, 2.05) is 0 Å². The largest absolute Gasteiger partial charge is 0.354 e. The van der Waals surface area contributed by atoms with Gasteiger partial charge in [0.25, 0.3) is 0 Å². The summed E-state index contributed by atoms with van der Waals surface area (Å²) in [5, 5.41) is 6.08. The van der Waals surface area contributed by atoms with Crippen LogP contribution in [0.1, 0.15) is 18.1 Å². The summed E-state index contributed by atoms with van der Waals surface area (Å²) in [6, 6.07) is 4.22. The van der Waals surface area contributed by atoms with E-state index < -0.39 is 0 Å². The normalized spacial score (nSPS) is 10.0. The van der Waals surface area contributed by atoms with Gasteiger partial charge in [-0.3, -0.25) is 4.79 Å². The Labute approximate surface area is 140 Å². The third kappa shape index (κ3) is 6.97. The van der Waals surface area contributed by atoms with Crippen LogP contribution in [0.3, 0.4) is 0 Å². The zero-order valence-electron chi connectivity index (χ0n) is 12.1. The number of carbonyl (C=O) groups is 1. The van der Waals surface area contributed by atoms with Gasteiger partial charge in [-0.25, -0.2) is 0 Å². The van der Waals surface area contributed by atoms with E-state index in [4.69, 9.17) is 0 Å². The second-order valence-electron chi connectivity index (χ2n) is 4.36. The van der Waals surface area contributed by atoms with Gasteiger partial charge >= 0.3 is 0 Å². The molecule has 1 amide bonds. The van der Waals surface area contributed by atoms with Gasteiger partial charge in [0.15, 0.2) is 0 Å². The monoisotopic (exact) mass is 380 g/mol. The molecule has 114 valence electrons. The lowest BCUT2D eigenvalue weighted by molar-refractivity contribution is -0.118. The number of likely N-dealkylation sites (N-methyl/N-ethyl adjacent to an activating group) is 1. The smallest absolute Gasteiger partial charge is 0.230 e. The van der Waals surface area contributed by atoms with Crippen LogP contribution in [0.15, 0.2) is 21.5 Å². The maximum absolute atomic E-state index is 11.7. The highest BCUT2D eigenvalue weighted by Gasteiger charge is 2.06. The third-order valence-corrected chi connectivity index (χ3v) is 4.70. The van der Waals surface area contributed by atoms with E-state index in [1.165, 1.54) is 16.0 Å². The molecule has 0 saturated heterocycles. The van der Waals surface area contributed by atoms with Crippen molar-refractivity contribution < 1.29 is 4.79 Å². The van der Waals surface area contributed by atoms with Gasteiger partial charge in [0, 0.05) is 22.5 Å². The van der Waals surface area contributed by atoms with E-state index in [-0.39, 0.29) is 18.3 Å². The van der Waals surface area contributed by atoms with Crippen molar-refractivity contribution in [1.82, 2.24) is 10.6 Å². The molecule has 6 heteroatoms. The molecule has 0 aliphatic rings. The lowest BCUT2D eigenvalue weighted by Gasteiger charge is -2.09. The molecule has 0 aromatic heterocycles. The molecule has 0 aliphatic heterocycles. The second-order valence-corrected chi connectivity index (χ2v) is 6.23. The minimum absolute atomic E-state index is 0. The Balaban J connectivity index is 0.00000361. The number of thioether (sulfide) groups is 1. The zero-order chi connectivity index (χ0) is 14.3. The maximum atomic E-state index is 11.7. The number of amides is 1. The van der Waals surface area contributed by atoms with Crippen molar-refractivity contribution in [2.24, 2.45) is 0 Å². The molecule has 1 rings (SSSR count). The number of halogens is 2. The van der Waals surface area contributed by atoms with Gasteiger partial charge in [0.05, 0.1) is 5.75 Å². The fraction of sp³-hybridized carbons (Fsp3) is 0.500. The van der Waals surface area contributed by atoms with Crippen LogP contribution >= 0.6 is 40.1 Å². The Morgan fingerprint density at radius 2 is 1.95 bits per heavy atom. The summed E-state index contributed by atoms with van der Waals surface area (Å²) in [5.74, 6) is 0.552. The van der Waals surface area contributed by atoms with E-state index in [0.717, 1.165) is 17.6 Å². The van der Waals surface area contributed by atoms with Crippen molar-refractivity contribution in [2.45, 2.75) is 25.7 Å². The van der Waals surface area contributed by atoms with E-state index in [9.17, 15) is 4.79 Å². The number of rotatable bonds is 7. The summed E-state index contributed by atoms with van der Waals surface area (Å²) in [4.78, 5) is 12.8. The van der Waals surface area contributed by atoms with Crippen molar-refractivity contribution in [3.8, 4) is 0 Å². The van der Waals surface area contributed by atoms with Crippen LogP contribution in [0.25, 0.3) is 0 Å². The van der Waals surface area contributed by atoms with Crippen LogP contribution in [-0.4, -0.2) is 31.3 Å². The van der Waals surface area contributed by atoms with Crippen LogP contribution in [0.5, 0.6) is 0 Å². The van der Waals surface area contributed by atoms with E-state index in [1.54, 1.807) is 11.8 Å². The number of nitrogens with one attached hydrogen (secondary N) is 2. The average Bonchev–Trinajstić information content (AvgIpc) is 2.37. The van der Waals surface area contributed by atoms with E-state index in [2.05, 4.69) is 59.5 Å². The quantitative estimate of drug-likeness (QED) is 0.562. The predicted molar refractivity (Wildman–Crippen MR) is 93.1 cm³/mol. The van der Waals surface area contributed by atoms with Crippen molar-refractivity contribution in [2.75, 3.05) is 25.4 Å². The molecule has 0 unspecified atom stereocenters. The summed E-state index contributed by atoms with van der Waals surface area (Å²) in [6.45, 7) is 8.62. The summed E-state index contributed by atoms with van der Waals surface area (Å²) in [5.41, 5.74) is 2.39. The van der Waals surface area contributed by atoms with Gasteiger partial charge in [0.2, 0.25) is 5.91 Å². The summed E-state index contributed by atoms with van der Waals surface area (Å²) < 4.78 is 1.12. The van der Waals surface area contributed by atoms with Crippen molar-refractivity contribution >= 4 is 46.0 Å². The molecule has 0 aliphatic carbocycles. The first-order chi connectivity index (χ1) is 9.04. The highest BCUT2D eigenvalue weighted by Crippen LogP contribution is 2.28. The lowest BCUT2D eigenvalue weighted by Crippen LogP contribution is -2.32. The number of carbonyl (C=O) groups excluding carboxylic acids is 1. The Bertz CT molecular complexity index is 443. The van der Waals surface area contributed by atoms with Crippen molar-refractivity contribution in [1.29, 1.82) is 0 Å². The first-order valence-electron chi connectivity index (χ1n) is 6.41. The number of hydrogen-bond acceptors (Lipinski definition) is 3. The van der Waals surface area contributed by atoms with Crippen LogP contribution < -0.4 is 10.6 Å². The molecule has 1 aromatic rings. The lowest BCUT2D eigenvalue weighted by atomic mass is 10.2. The molecule has 0 atom stereocenters. The Morgan fingerprint density at radius 3 is 2.60 bits per heavy atom. The van der Waals surface area contributed by atoms with Crippen LogP contribution in [-0.2, 0) is 4.79 Å². The molecule has 0 heterocycles. The summed E-state index contributed by atoms with van der Waals surface area (Å²) in [7, 11) is 0. The molecule has 2 N–H and O–H groups in total. The first-order valence-corrected chi connectivity index (χ1v) is 8.19. The molecule has 3 nitrogen and oxygen atoms in total. The molecule has 1 aromatic carbocycles. The van der Waals surface area contributed by atoms with E-state index >= 15 is 0 Å². The Morgan fingerprint density at radius 1 is 1.25 bits per heavy atom. The minimum Gasteiger partial charge on any atom is -0.354 e. The fourth-order valence-electron chi connectivity index (χ4n) is 1.57. The van der Waals surface area contributed by atoms with Crippen molar-refractivity contribution in [3.63, 3.8) is 0 Å². The second kappa shape index (κ2) is 10.5. The number of aryl methyl sites for hydroxylation is 2. The molecule has 0 bridgehead atoms. The highest BCUT2D eigenvalue weighted by atomic mass is 79.9.